The molecule has 2 unspecified atom stereocenters. The van der Waals surface area contributed by atoms with Crippen LogP contribution in [0, 0.1) is 11.8 Å². The maximum atomic E-state index is 11.3. The minimum absolute atomic E-state index is 0.130. The fourth-order valence-electron chi connectivity index (χ4n) is 3.55. The largest absolute Gasteiger partial charge is 0.481 e. The highest BCUT2D eigenvalue weighted by Crippen LogP contribution is 2.59. The summed E-state index contributed by atoms with van der Waals surface area (Å²) in [4.78, 5) is 22.5. The summed E-state index contributed by atoms with van der Waals surface area (Å²) in [6.07, 6.45) is 0.660. The van der Waals surface area contributed by atoms with Crippen molar-refractivity contribution >= 4 is 11.9 Å². The summed E-state index contributed by atoms with van der Waals surface area (Å²) in [6.45, 7) is 0. The standard InChI is InChI=1S/C13H12O4/c14-12(15)10-8-5-9(11(10)13(16)17)7-4-2-1-3-6(7)8/h1-4,8-11H,5H2,(H,14,15)(H,16,17)/t8-,9-,10?,11?/m1/s1. The highest BCUT2D eigenvalue weighted by molar-refractivity contribution is 5.84. The summed E-state index contributed by atoms with van der Waals surface area (Å²) < 4.78 is 0. The van der Waals surface area contributed by atoms with Crippen molar-refractivity contribution in [2.75, 3.05) is 0 Å². The van der Waals surface area contributed by atoms with Gasteiger partial charge in [-0.15, -0.1) is 0 Å². The average Bonchev–Trinajstić information content (AvgIpc) is 2.84. The number of hydrogen-bond donors (Lipinski definition) is 2. The van der Waals surface area contributed by atoms with Crippen molar-refractivity contribution in [3.63, 3.8) is 0 Å². The van der Waals surface area contributed by atoms with Crippen LogP contribution in [0.1, 0.15) is 29.4 Å². The van der Waals surface area contributed by atoms with Gasteiger partial charge in [-0.2, -0.15) is 0 Å². The molecule has 0 saturated heterocycles. The molecule has 2 bridgehead atoms. The number of aliphatic carboxylic acids is 2. The van der Waals surface area contributed by atoms with Crippen molar-refractivity contribution in [2.24, 2.45) is 11.8 Å². The smallest absolute Gasteiger partial charge is 0.308 e. The van der Waals surface area contributed by atoms with Crippen LogP contribution in [0.25, 0.3) is 0 Å². The Kier molecular flexibility index (Phi) is 2.02. The van der Waals surface area contributed by atoms with Crippen LogP contribution in [0.4, 0.5) is 0 Å². The summed E-state index contributed by atoms with van der Waals surface area (Å²) in [5, 5.41) is 18.4. The van der Waals surface area contributed by atoms with Gasteiger partial charge in [0.1, 0.15) is 0 Å². The quantitative estimate of drug-likeness (QED) is 0.813. The Morgan fingerprint density at radius 2 is 1.35 bits per heavy atom. The lowest BCUT2D eigenvalue weighted by Crippen LogP contribution is -2.33. The Morgan fingerprint density at radius 3 is 1.71 bits per heavy atom. The van der Waals surface area contributed by atoms with Crippen molar-refractivity contribution in [2.45, 2.75) is 18.3 Å². The van der Waals surface area contributed by atoms with Gasteiger partial charge in [-0.05, 0) is 29.4 Å². The first-order valence-corrected chi connectivity index (χ1v) is 5.65. The average molecular weight is 232 g/mol. The van der Waals surface area contributed by atoms with E-state index in [1.165, 1.54) is 0 Å². The maximum absolute atomic E-state index is 11.3. The predicted octanol–water partition coefficient (Wildman–Crippen LogP) is 1.67. The topological polar surface area (TPSA) is 74.6 Å². The molecule has 0 heterocycles. The Bertz CT molecular complexity index is 463. The normalized spacial score (nSPS) is 33.4. The van der Waals surface area contributed by atoms with E-state index in [0.717, 1.165) is 11.1 Å². The number of carboxylic acids is 2. The number of benzene rings is 1. The van der Waals surface area contributed by atoms with Crippen LogP contribution in [0.15, 0.2) is 24.3 Å². The third-order valence-electron chi connectivity index (χ3n) is 4.13. The van der Waals surface area contributed by atoms with Crippen molar-refractivity contribution < 1.29 is 19.8 Å². The highest BCUT2D eigenvalue weighted by Gasteiger charge is 2.56. The SMILES string of the molecule is O=C(O)C1C(C(=O)O)[C@@H]2C[C@@H]1c1ccccc12. The van der Waals surface area contributed by atoms with Crippen LogP contribution in [0.5, 0.6) is 0 Å². The minimum atomic E-state index is -0.987. The molecule has 1 saturated carbocycles. The summed E-state index contributed by atoms with van der Waals surface area (Å²) in [7, 11) is 0. The molecule has 2 N–H and O–H groups in total. The van der Waals surface area contributed by atoms with E-state index >= 15 is 0 Å². The first-order chi connectivity index (χ1) is 8.11. The highest BCUT2D eigenvalue weighted by atomic mass is 16.4. The first kappa shape index (κ1) is 10.3. The fourth-order valence-corrected chi connectivity index (χ4v) is 3.55. The van der Waals surface area contributed by atoms with Crippen molar-refractivity contribution in [1.29, 1.82) is 0 Å². The van der Waals surface area contributed by atoms with Crippen LogP contribution < -0.4 is 0 Å². The molecule has 4 atom stereocenters. The summed E-state index contributed by atoms with van der Waals surface area (Å²) in [6, 6.07) is 7.62. The molecule has 1 fully saturated rings. The molecule has 4 nitrogen and oxygen atoms in total. The van der Waals surface area contributed by atoms with Gasteiger partial charge in [0.25, 0.3) is 0 Å². The van der Waals surface area contributed by atoms with Gasteiger partial charge in [-0.1, -0.05) is 24.3 Å². The van der Waals surface area contributed by atoms with Crippen LogP contribution in [-0.2, 0) is 9.59 Å². The Labute approximate surface area is 97.9 Å². The van der Waals surface area contributed by atoms with Crippen molar-refractivity contribution in [3.8, 4) is 0 Å². The zero-order valence-corrected chi connectivity index (χ0v) is 9.04. The third kappa shape index (κ3) is 1.24. The van der Waals surface area contributed by atoms with E-state index in [-0.39, 0.29) is 11.8 Å². The minimum Gasteiger partial charge on any atom is -0.481 e. The summed E-state index contributed by atoms with van der Waals surface area (Å²) >= 11 is 0. The van der Waals surface area contributed by atoms with Gasteiger partial charge in [0.05, 0.1) is 11.8 Å². The number of fused-ring (bicyclic) bond motifs is 5. The predicted molar refractivity (Wildman–Crippen MR) is 58.8 cm³/mol. The molecule has 2 aliphatic rings. The van der Waals surface area contributed by atoms with E-state index in [1.807, 2.05) is 24.3 Å². The molecule has 0 spiro atoms. The zero-order chi connectivity index (χ0) is 12.2. The number of carbonyl (C=O) groups is 2. The van der Waals surface area contributed by atoms with E-state index in [1.54, 1.807) is 0 Å². The van der Waals surface area contributed by atoms with Gasteiger partial charge in [-0.25, -0.2) is 0 Å². The van der Waals surface area contributed by atoms with Crippen molar-refractivity contribution in [1.82, 2.24) is 0 Å². The van der Waals surface area contributed by atoms with Gasteiger partial charge in [0.2, 0.25) is 0 Å². The monoisotopic (exact) mass is 232 g/mol. The lowest BCUT2D eigenvalue weighted by atomic mass is 9.76. The molecule has 1 aromatic rings. The van der Waals surface area contributed by atoms with E-state index < -0.39 is 23.8 Å². The zero-order valence-electron chi connectivity index (χ0n) is 9.04. The maximum Gasteiger partial charge on any atom is 0.308 e. The summed E-state index contributed by atoms with van der Waals surface area (Å²) in [5.41, 5.74) is 2.06. The molecule has 0 aromatic heterocycles. The lowest BCUT2D eigenvalue weighted by Gasteiger charge is -2.26. The molecule has 0 amide bonds. The molecule has 17 heavy (non-hydrogen) atoms. The second-order valence-electron chi connectivity index (χ2n) is 4.81. The van der Waals surface area contributed by atoms with E-state index in [0.29, 0.717) is 6.42 Å². The first-order valence-electron chi connectivity index (χ1n) is 5.65. The molecular formula is C13H12O4. The molecule has 0 aliphatic heterocycles. The number of carboxylic acid groups (broad SMARTS) is 2. The molecule has 3 rings (SSSR count). The Hall–Kier alpha value is -1.84. The molecule has 4 heteroatoms. The third-order valence-corrected chi connectivity index (χ3v) is 4.13. The van der Waals surface area contributed by atoms with Crippen LogP contribution in [0.3, 0.4) is 0 Å². The van der Waals surface area contributed by atoms with Crippen LogP contribution in [-0.4, -0.2) is 22.2 Å². The second-order valence-corrected chi connectivity index (χ2v) is 4.81. The molecule has 0 radical (unpaired) electrons. The summed E-state index contributed by atoms with van der Waals surface area (Å²) in [5.74, 6) is -3.77. The molecule has 1 aromatic carbocycles. The Balaban J connectivity index is 2.12. The number of hydrogen-bond acceptors (Lipinski definition) is 2. The molecule has 2 aliphatic carbocycles. The van der Waals surface area contributed by atoms with E-state index in [2.05, 4.69) is 0 Å². The molecular weight excluding hydrogens is 220 g/mol. The van der Waals surface area contributed by atoms with Crippen LogP contribution >= 0.6 is 0 Å². The lowest BCUT2D eigenvalue weighted by molar-refractivity contribution is -0.153. The van der Waals surface area contributed by atoms with Crippen LogP contribution in [0.2, 0.25) is 0 Å². The van der Waals surface area contributed by atoms with Gasteiger partial charge in [0, 0.05) is 0 Å². The van der Waals surface area contributed by atoms with Crippen molar-refractivity contribution in [3.05, 3.63) is 35.4 Å². The van der Waals surface area contributed by atoms with Gasteiger partial charge in [0.15, 0.2) is 0 Å². The fraction of sp³-hybridized carbons (Fsp3) is 0.385. The molecule has 88 valence electrons. The second kappa shape index (κ2) is 3.32. The van der Waals surface area contributed by atoms with Gasteiger partial charge >= 0.3 is 11.9 Å². The number of rotatable bonds is 2. The van der Waals surface area contributed by atoms with Gasteiger partial charge < -0.3 is 10.2 Å². The van der Waals surface area contributed by atoms with Gasteiger partial charge in [-0.3, -0.25) is 9.59 Å². The van der Waals surface area contributed by atoms with E-state index in [9.17, 15) is 19.8 Å². The van der Waals surface area contributed by atoms with E-state index in [4.69, 9.17) is 0 Å². The Morgan fingerprint density at radius 1 is 0.941 bits per heavy atom.